The van der Waals surface area contributed by atoms with E-state index in [4.69, 9.17) is 5.11 Å². The van der Waals surface area contributed by atoms with Gasteiger partial charge in [0.25, 0.3) is 0 Å². The summed E-state index contributed by atoms with van der Waals surface area (Å²) in [4.78, 5) is 24.0. The standard InChI is InChI=1S/C12H13NO3S/c14-11(4-5-12(15)16)13-7-9-6-8-2-1-3-10(8)17-9/h4-6H,1-3,7H2,(H,13,14)(H,15,16)/b5-4+. The Morgan fingerprint density at radius 1 is 1.41 bits per heavy atom. The van der Waals surface area contributed by atoms with Crippen LogP contribution in [0.15, 0.2) is 18.2 Å². The number of hydrogen-bond acceptors (Lipinski definition) is 3. The SMILES string of the molecule is O=C(O)/C=C/C(=O)NCc1cc2c(s1)CCC2. The molecule has 1 aromatic rings. The van der Waals surface area contributed by atoms with Crippen LogP contribution in [0.2, 0.25) is 0 Å². The van der Waals surface area contributed by atoms with Gasteiger partial charge in [0, 0.05) is 21.9 Å². The van der Waals surface area contributed by atoms with Crippen molar-refractivity contribution < 1.29 is 14.7 Å². The lowest BCUT2D eigenvalue weighted by molar-refractivity contribution is -0.131. The Bertz CT molecular complexity index is 455. The zero-order valence-electron chi connectivity index (χ0n) is 9.23. The van der Waals surface area contributed by atoms with E-state index in [1.807, 2.05) is 0 Å². The number of nitrogens with one attached hydrogen (secondary N) is 1. The predicted molar refractivity (Wildman–Crippen MR) is 65.0 cm³/mol. The number of rotatable bonds is 4. The van der Waals surface area contributed by atoms with Gasteiger partial charge in [0.15, 0.2) is 0 Å². The van der Waals surface area contributed by atoms with Crippen molar-refractivity contribution in [2.45, 2.75) is 25.8 Å². The maximum Gasteiger partial charge on any atom is 0.328 e. The largest absolute Gasteiger partial charge is 0.478 e. The Labute approximate surface area is 103 Å². The second-order valence-electron chi connectivity index (χ2n) is 3.90. The van der Waals surface area contributed by atoms with E-state index in [9.17, 15) is 9.59 Å². The van der Waals surface area contributed by atoms with Crippen LogP contribution in [0.5, 0.6) is 0 Å². The fraction of sp³-hybridized carbons (Fsp3) is 0.333. The van der Waals surface area contributed by atoms with Crippen LogP contribution in [-0.4, -0.2) is 17.0 Å². The summed E-state index contributed by atoms with van der Waals surface area (Å²) in [5.74, 6) is -1.49. The van der Waals surface area contributed by atoms with Gasteiger partial charge < -0.3 is 10.4 Å². The first kappa shape index (κ1) is 11.9. The molecule has 0 bridgehead atoms. The van der Waals surface area contributed by atoms with Crippen molar-refractivity contribution >= 4 is 23.2 Å². The highest BCUT2D eigenvalue weighted by Crippen LogP contribution is 2.30. The fourth-order valence-corrected chi connectivity index (χ4v) is 3.06. The molecule has 1 amide bonds. The molecule has 17 heavy (non-hydrogen) atoms. The average molecular weight is 251 g/mol. The number of aliphatic carboxylic acids is 1. The van der Waals surface area contributed by atoms with Crippen molar-refractivity contribution in [1.82, 2.24) is 5.32 Å². The third-order valence-corrected chi connectivity index (χ3v) is 3.85. The zero-order chi connectivity index (χ0) is 12.3. The topological polar surface area (TPSA) is 66.4 Å². The van der Waals surface area contributed by atoms with Gasteiger partial charge >= 0.3 is 5.97 Å². The van der Waals surface area contributed by atoms with Crippen LogP contribution < -0.4 is 5.32 Å². The summed E-state index contributed by atoms with van der Waals surface area (Å²) in [5.41, 5.74) is 1.40. The van der Waals surface area contributed by atoms with Gasteiger partial charge in [-0.15, -0.1) is 11.3 Å². The lowest BCUT2D eigenvalue weighted by atomic mass is 10.2. The third kappa shape index (κ3) is 3.17. The molecule has 4 nitrogen and oxygen atoms in total. The molecule has 0 saturated carbocycles. The molecule has 0 radical (unpaired) electrons. The van der Waals surface area contributed by atoms with E-state index >= 15 is 0 Å². The normalized spacial score (nSPS) is 13.9. The van der Waals surface area contributed by atoms with Crippen molar-refractivity contribution in [3.8, 4) is 0 Å². The quantitative estimate of drug-likeness (QED) is 0.797. The Hall–Kier alpha value is -1.62. The Morgan fingerprint density at radius 2 is 2.24 bits per heavy atom. The molecule has 0 saturated heterocycles. The van der Waals surface area contributed by atoms with Gasteiger partial charge in [0.05, 0.1) is 6.54 Å². The number of amides is 1. The van der Waals surface area contributed by atoms with E-state index in [0.29, 0.717) is 6.54 Å². The van der Waals surface area contributed by atoms with E-state index in [1.54, 1.807) is 11.3 Å². The molecular weight excluding hydrogens is 238 g/mol. The van der Waals surface area contributed by atoms with Crippen LogP contribution in [0, 0.1) is 0 Å². The summed E-state index contributed by atoms with van der Waals surface area (Å²) in [7, 11) is 0. The summed E-state index contributed by atoms with van der Waals surface area (Å²) < 4.78 is 0. The molecule has 5 heteroatoms. The summed E-state index contributed by atoms with van der Waals surface area (Å²) in [6.07, 6.45) is 5.38. The maximum atomic E-state index is 11.2. The predicted octanol–water partition coefficient (Wildman–Crippen LogP) is 1.49. The van der Waals surface area contributed by atoms with Crippen LogP contribution in [0.3, 0.4) is 0 Å². The van der Waals surface area contributed by atoms with E-state index in [0.717, 1.165) is 29.9 Å². The Balaban J connectivity index is 1.85. The van der Waals surface area contributed by atoms with E-state index in [-0.39, 0.29) is 5.91 Å². The average Bonchev–Trinajstić information content (AvgIpc) is 2.83. The van der Waals surface area contributed by atoms with Crippen LogP contribution >= 0.6 is 11.3 Å². The van der Waals surface area contributed by atoms with Gasteiger partial charge in [0.2, 0.25) is 5.91 Å². The number of carbonyl (C=O) groups is 2. The van der Waals surface area contributed by atoms with Gasteiger partial charge in [-0.2, -0.15) is 0 Å². The first-order chi connectivity index (χ1) is 8.15. The second kappa shape index (κ2) is 5.14. The van der Waals surface area contributed by atoms with Crippen molar-refractivity contribution in [3.05, 3.63) is 33.5 Å². The van der Waals surface area contributed by atoms with Crippen molar-refractivity contribution in [2.75, 3.05) is 0 Å². The molecule has 1 heterocycles. The molecule has 0 aromatic carbocycles. The smallest absolute Gasteiger partial charge is 0.328 e. The van der Waals surface area contributed by atoms with E-state index in [2.05, 4.69) is 11.4 Å². The van der Waals surface area contributed by atoms with Crippen molar-refractivity contribution in [2.24, 2.45) is 0 Å². The minimum atomic E-state index is -1.12. The lowest BCUT2D eigenvalue weighted by Gasteiger charge is -1.98. The fourth-order valence-electron chi connectivity index (χ4n) is 1.86. The maximum absolute atomic E-state index is 11.2. The highest BCUT2D eigenvalue weighted by Gasteiger charge is 2.14. The van der Waals surface area contributed by atoms with Gasteiger partial charge in [-0.1, -0.05) is 0 Å². The van der Waals surface area contributed by atoms with Gasteiger partial charge in [0.1, 0.15) is 0 Å². The molecular formula is C12H13NO3S. The van der Waals surface area contributed by atoms with Crippen molar-refractivity contribution in [3.63, 3.8) is 0 Å². The second-order valence-corrected chi connectivity index (χ2v) is 5.13. The van der Waals surface area contributed by atoms with Crippen LogP contribution in [0.4, 0.5) is 0 Å². The number of carboxylic acid groups (broad SMARTS) is 1. The first-order valence-corrected chi connectivity index (χ1v) is 6.26. The summed E-state index contributed by atoms with van der Waals surface area (Å²) >= 11 is 1.73. The molecule has 2 N–H and O–H groups in total. The summed E-state index contributed by atoms with van der Waals surface area (Å²) in [5, 5.41) is 11.0. The molecule has 0 fully saturated rings. The zero-order valence-corrected chi connectivity index (χ0v) is 10.0. The lowest BCUT2D eigenvalue weighted by Crippen LogP contribution is -2.19. The molecule has 0 atom stereocenters. The minimum absolute atomic E-state index is 0.374. The molecule has 2 rings (SSSR count). The van der Waals surface area contributed by atoms with Crippen LogP contribution in [0.1, 0.15) is 21.7 Å². The molecule has 90 valence electrons. The van der Waals surface area contributed by atoms with Gasteiger partial charge in [-0.05, 0) is 30.9 Å². The number of carboxylic acids is 1. The third-order valence-electron chi connectivity index (χ3n) is 2.61. The van der Waals surface area contributed by atoms with E-state index in [1.165, 1.54) is 16.9 Å². The Morgan fingerprint density at radius 3 is 2.94 bits per heavy atom. The first-order valence-electron chi connectivity index (χ1n) is 5.44. The van der Waals surface area contributed by atoms with Gasteiger partial charge in [-0.25, -0.2) is 4.79 Å². The molecule has 0 aliphatic heterocycles. The van der Waals surface area contributed by atoms with Crippen molar-refractivity contribution in [1.29, 1.82) is 0 Å². The Kier molecular flexibility index (Phi) is 3.58. The number of carbonyl (C=O) groups excluding carboxylic acids is 1. The molecule has 1 aromatic heterocycles. The number of fused-ring (bicyclic) bond motifs is 1. The van der Waals surface area contributed by atoms with Crippen LogP contribution in [0.25, 0.3) is 0 Å². The summed E-state index contributed by atoms with van der Waals surface area (Å²) in [6, 6.07) is 2.13. The molecule has 1 aliphatic carbocycles. The molecule has 0 spiro atoms. The minimum Gasteiger partial charge on any atom is -0.478 e. The number of hydrogen-bond donors (Lipinski definition) is 2. The highest BCUT2D eigenvalue weighted by atomic mass is 32.1. The number of thiophene rings is 1. The van der Waals surface area contributed by atoms with Crippen LogP contribution in [-0.2, 0) is 29.0 Å². The summed E-state index contributed by atoms with van der Waals surface area (Å²) in [6.45, 7) is 0.473. The highest BCUT2D eigenvalue weighted by molar-refractivity contribution is 7.12. The monoisotopic (exact) mass is 251 g/mol. The molecule has 1 aliphatic rings. The number of aryl methyl sites for hydroxylation is 2. The molecule has 0 unspecified atom stereocenters. The van der Waals surface area contributed by atoms with E-state index < -0.39 is 5.97 Å². The van der Waals surface area contributed by atoms with Gasteiger partial charge in [-0.3, -0.25) is 4.79 Å².